The zero-order chi connectivity index (χ0) is 22.3. The van der Waals surface area contributed by atoms with Gasteiger partial charge in [-0.25, -0.2) is 4.79 Å². The van der Waals surface area contributed by atoms with E-state index in [1.165, 1.54) is 0 Å². The number of carbonyl (C=O) groups excluding carboxylic acids is 2. The Balaban J connectivity index is 2.24. The number of amides is 1. The summed E-state index contributed by atoms with van der Waals surface area (Å²) in [7, 11) is 0. The number of aryl methyl sites for hydroxylation is 1. The van der Waals surface area contributed by atoms with E-state index in [1.807, 2.05) is 32.9 Å². The number of benzene rings is 2. The van der Waals surface area contributed by atoms with Crippen LogP contribution in [0.1, 0.15) is 37.5 Å². The minimum atomic E-state index is -0.771. The van der Waals surface area contributed by atoms with Crippen LogP contribution in [-0.4, -0.2) is 29.5 Å². The van der Waals surface area contributed by atoms with Crippen LogP contribution in [0.4, 0.5) is 10.5 Å². The quantitative estimate of drug-likeness (QED) is 0.233. The van der Waals surface area contributed by atoms with Crippen LogP contribution in [0.3, 0.4) is 0 Å². The number of hydrogen-bond acceptors (Lipinski definition) is 6. The Kier molecular flexibility index (Phi) is 8.84. The van der Waals surface area contributed by atoms with Crippen LogP contribution in [-0.2, 0) is 14.3 Å². The summed E-state index contributed by atoms with van der Waals surface area (Å²) in [5.41, 5.74) is 1.54. The molecule has 0 saturated heterocycles. The summed E-state index contributed by atoms with van der Waals surface area (Å²) in [5.74, 6) is -0.387. The summed E-state index contributed by atoms with van der Waals surface area (Å²) in [6, 6.07) is 12.5. The molecule has 0 radical (unpaired) electrons. The van der Waals surface area contributed by atoms with Crippen molar-refractivity contribution in [2.75, 3.05) is 17.7 Å². The molecule has 1 amide bonds. The zero-order valence-electron chi connectivity index (χ0n) is 17.1. The Bertz CT molecular complexity index is 886. The van der Waals surface area contributed by atoms with Crippen LogP contribution < -0.4 is 5.32 Å². The molecule has 162 valence electrons. The Morgan fingerprint density at radius 2 is 1.87 bits per heavy atom. The highest BCUT2D eigenvalue weighted by Crippen LogP contribution is 2.43. The molecule has 0 unspecified atom stereocenters. The molecule has 0 bridgehead atoms. The minimum absolute atomic E-state index is 0.00299. The predicted octanol–water partition coefficient (Wildman–Crippen LogP) is 5.48. The Morgan fingerprint density at radius 3 is 2.50 bits per heavy atom. The Morgan fingerprint density at radius 1 is 1.20 bits per heavy atom. The first-order valence-electron chi connectivity index (χ1n) is 9.41. The van der Waals surface area contributed by atoms with Gasteiger partial charge in [-0.05, 0) is 66.3 Å². The molecule has 2 N–H and O–H groups in total. The summed E-state index contributed by atoms with van der Waals surface area (Å²) in [6.45, 7) is 5.90. The number of ether oxygens (including phenoxy) is 2. The monoisotopic (exact) mass is 543 g/mol. The smallest absolute Gasteiger partial charge is 0.412 e. The number of rotatable bonds is 8. The van der Waals surface area contributed by atoms with Crippen molar-refractivity contribution >= 4 is 53.0 Å². The van der Waals surface area contributed by atoms with Crippen molar-refractivity contribution in [3.05, 3.63) is 57.2 Å². The average Bonchev–Trinajstić information content (AvgIpc) is 2.69. The predicted molar refractivity (Wildman–Crippen MR) is 128 cm³/mol. The molecule has 0 aliphatic heterocycles. The van der Waals surface area contributed by atoms with Gasteiger partial charge in [-0.3, -0.25) is 10.1 Å². The molecule has 0 aromatic heterocycles. The van der Waals surface area contributed by atoms with E-state index in [4.69, 9.17) is 9.47 Å². The van der Waals surface area contributed by atoms with Crippen molar-refractivity contribution in [1.82, 2.24) is 0 Å². The van der Waals surface area contributed by atoms with Gasteiger partial charge in [0.1, 0.15) is 11.9 Å². The molecule has 2 aromatic carbocycles. The first kappa shape index (κ1) is 24.3. The number of phenols is 1. The van der Waals surface area contributed by atoms with Gasteiger partial charge in [0, 0.05) is 20.2 Å². The van der Waals surface area contributed by atoms with Gasteiger partial charge in [0.15, 0.2) is 0 Å². The molecular formula is C22H26INO5S. The number of anilines is 1. The van der Waals surface area contributed by atoms with Gasteiger partial charge < -0.3 is 14.6 Å². The van der Waals surface area contributed by atoms with Crippen molar-refractivity contribution < 1.29 is 24.2 Å². The van der Waals surface area contributed by atoms with Gasteiger partial charge in [0.2, 0.25) is 0 Å². The molecular weight excluding hydrogens is 517 g/mol. The third-order valence-corrected chi connectivity index (χ3v) is 5.57. The lowest BCUT2D eigenvalue weighted by Crippen LogP contribution is -2.30. The van der Waals surface area contributed by atoms with Crippen LogP contribution in [0.2, 0.25) is 0 Å². The number of carbonyl (C=O) groups is 2. The van der Waals surface area contributed by atoms with E-state index in [0.717, 1.165) is 9.13 Å². The van der Waals surface area contributed by atoms with E-state index in [9.17, 15) is 14.7 Å². The average molecular weight is 543 g/mol. The van der Waals surface area contributed by atoms with Crippen molar-refractivity contribution in [3.63, 3.8) is 0 Å². The van der Waals surface area contributed by atoms with Gasteiger partial charge in [0.05, 0.1) is 12.4 Å². The van der Waals surface area contributed by atoms with Crippen molar-refractivity contribution in [2.24, 2.45) is 5.41 Å². The van der Waals surface area contributed by atoms with Crippen molar-refractivity contribution in [2.45, 2.75) is 33.3 Å². The SMILES string of the molecule is Cc1ccc(NC(=O)O[C@H](c2cc(I)ccc2O)C(C)(C)CCOC(=O)CS)cc1. The molecule has 2 rings (SSSR count). The van der Waals surface area contributed by atoms with Crippen LogP contribution >= 0.6 is 35.2 Å². The molecule has 0 aliphatic rings. The molecule has 0 saturated carbocycles. The lowest BCUT2D eigenvalue weighted by atomic mass is 9.79. The second-order valence-electron chi connectivity index (χ2n) is 7.60. The summed E-state index contributed by atoms with van der Waals surface area (Å²) in [5, 5.41) is 13.2. The van der Waals surface area contributed by atoms with Crippen molar-refractivity contribution in [1.29, 1.82) is 0 Å². The summed E-state index contributed by atoms with van der Waals surface area (Å²) in [4.78, 5) is 24.0. The molecule has 0 fully saturated rings. The van der Waals surface area contributed by atoms with Gasteiger partial charge >= 0.3 is 12.1 Å². The van der Waals surface area contributed by atoms with E-state index in [1.54, 1.807) is 30.3 Å². The fourth-order valence-corrected chi connectivity index (χ4v) is 3.48. The largest absolute Gasteiger partial charge is 0.508 e. The summed E-state index contributed by atoms with van der Waals surface area (Å²) >= 11 is 6.03. The van der Waals surface area contributed by atoms with E-state index in [0.29, 0.717) is 17.7 Å². The lowest BCUT2D eigenvalue weighted by molar-refractivity contribution is -0.141. The van der Waals surface area contributed by atoms with Gasteiger partial charge in [-0.1, -0.05) is 31.5 Å². The first-order chi connectivity index (χ1) is 14.1. The number of thiol groups is 1. The number of hydrogen-bond donors (Lipinski definition) is 3. The van der Waals surface area contributed by atoms with Gasteiger partial charge in [0.25, 0.3) is 0 Å². The van der Waals surface area contributed by atoms with Crippen LogP contribution in [0.5, 0.6) is 5.75 Å². The minimum Gasteiger partial charge on any atom is -0.508 e. The van der Waals surface area contributed by atoms with E-state index in [-0.39, 0.29) is 18.1 Å². The third kappa shape index (κ3) is 7.09. The van der Waals surface area contributed by atoms with Crippen molar-refractivity contribution in [3.8, 4) is 5.75 Å². The van der Waals surface area contributed by atoms with E-state index >= 15 is 0 Å². The normalized spacial score (nSPS) is 12.2. The van der Waals surface area contributed by atoms with Crippen LogP contribution in [0.15, 0.2) is 42.5 Å². The Hall–Kier alpha value is -1.94. The topological polar surface area (TPSA) is 84.9 Å². The van der Waals surface area contributed by atoms with Gasteiger partial charge in [-0.15, -0.1) is 0 Å². The van der Waals surface area contributed by atoms with E-state index < -0.39 is 23.6 Å². The molecule has 30 heavy (non-hydrogen) atoms. The van der Waals surface area contributed by atoms with Crippen LogP contribution in [0, 0.1) is 15.9 Å². The second kappa shape index (κ2) is 10.9. The molecule has 0 aliphatic carbocycles. The lowest BCUT2D eigenvalue weighted by Gasteiger charge is -2.34. The summed E-state index contributed by atoms with van der Waals surface area (Å²) < 4.78 is 11.8. The molecule has 8 heteroatoms. The maximum absolute atomic E-state index is 12.6. The first-order valence-corrected chi connectivity index (χ1v) is 11.1. The zero-order valence-corrected chi connectivity index (χ0v) is 20.2. The van der Waals surface area contributed by atoms with Crippen LogP contribution in [0.25, 0.3) is 0 Å². The molecule has 6 nitrogen and oxygen atoms in total. The fraction of sp³-hybridized carbons (Fsp3) is 0.364. The maximum atomic E-state index is 12.6. The fourth-order valence-electron chi connectivity index (χ4n) is 2.88. The number of aromatic hydroxyl groups is 1. The highest BCUT2D eigenvalue weighted by molar-refractivity contribution is 14.1. The third-order valence-electron chi connectivity index (χ3n) is 4.64. The molecule has 1 atom stereocenters. The highest BCUT2D eigenvalue weighted by atomic mass is 127. The number of halogens is 1. The molecule has 0 spiro atoms. The summed E-state index contributed by atoms with van der Waals surface area (Å²) in [6.07, 6.45) is -0.991. The van der Waals surface area contributed by atoms with E-state index in [2.05, 4.69) is 40.5 Å². The molecule has 2 aromatic rings. The highest BCUT2D eigenvalue weighted by Gasteiger charge is 2.36. The Labute approximate surface area is 195 Å². The standard InChI is InChI=1S/C22H26INO5S/c1-14-4-7-16(8-5-14)24-21(27)29-20(17-12-15(23)6-9-18(17)25)22(2,3)10-11-28-19(26)13-30/h4-9,12,20,25,30H,10-11,13H2,1-3H3,(H,24,27)/t20-/m1/s1. The number of esters is 1. The molecule has 0 heterocycles. The second-order valence-corrected chi connectivity index (χ2v) is 9.16. The number of nitrogens with one attached hydrogen (secondary N) is 1. The number of phenolic OH excluding ortho intramolecular Hbond substituents is 1. The van der Waals surface area contributed by atoms with Gasteiger partial charge in [-0.2, -0.15) is 12.6 Å². The maximum Gasteiger partial charge on any atom is 0.412 e.